The summed E-state index contributed by atoms with van der Waals surface area (Å²) in [7, 11) is 1.59. The molecule has 0 aromatic heterocycles. The third-order valence-corrected chi connectivity index (χ3v) is 1.63. The van der Waals surface area contributed by atoms with E-state index in [-0.39, 0.29) is 0 Å². The fourth-order valence-corrected chi connectivity index (χ4v) is 0.950. The van der Waals surface area contributed by atoms with Crippen molar-refractivity contribution in [2.45, 2.75) is 6.54 Å². The van der Waals surface area contributed by atoms with Crippen LogP contribution in [0.25, 0.3) is 0 Å². The maximum atomic E-state index is 8.56. The lowest BCUT2D eigenvalue weighted by atomic mass is 10.2. The van der Waals surface area contributed by atoms with E-state index in [1.807, 2.05) is 35.8 Å². The van der Waals surface area contributed by atoms with Crippen LogP contribution in [0.15, 0.2) is 35.3 Å². The molecular weight excluding hydrogens is 166 g/mol. The highest BCUT2D eigenvalue weighted by molar-refractivity contribution is 5.78. The van der Waals surface area contributed by atoms with E-state index < -0.39 is 0 Å². The number of aliphatic imine (C=N–C) groups is 1. The minimum absolute atomic E-state index is 0.365. The van der Waals surface area contributed by atoms with Crippen molar-refractivity contribution in [2.75, 3.05) is 7.05 Å². The molecule has 1 rings (SSSR count). The second-order valence-electron chi connectivity index (χ2n) is 2.52. The molecule has 0 radical (unpaired) electrons. The van der Waals surface area contributed by atoms with Crippen molar-refractivity contribution in [3.63, 3.8) is 0 Å². The van der Waals surface area contributed by atoms with Crippen molar-refractivity contribution in [1.82, 2.24) is 10.8 Å². The number of benzene rings is 1. The molecule has 0 atom stereocenters. The Hall–Kier alpha value is -1.55. The minimum atomic E-state index is 0.365. The van der Waals surface area contributed by atoms with Gasteiger partial charge in [0.2, 0.25) is 5.96 Å². The van der Waals surface area contributed by atoms with E-state index in [1.54, 1.807) is 7.05 Å². The summed E-state index contributed by atoms with van der Waals surface area (Å²) in [6.45, 7) is 0.640. The van der Waals surface area contributed by atoms with Crippen LogP contribution in [0.5, 0.6) is 0 Å². The summed E-state index contributed by atoms with van der Waals surface area (Å²) in [6.07, 6.45) is 0. The van der Waals surface area contributed by atoms with Crippen LogP contribution in [-0.4, -0.2) is 18.2 Å². The Morgan fingerprint density at radius 2 is 2.08 bits per heavy atom. The first kappa shape index (κ1) is 9.54. The van der Waals surface area contributed by atoms with Gasteiger partial charge in [-0.2, -0.15) is 0 Å². The highest BCUT2D eigenvalue weighted by Gasteiger charge is 1.93. The molecular formula is C9H13N3O. The quantitative estimate of drug-likeness (QED) is 0.356. The number of nitrogens with zero attached hydrogens (tertiary/aromatic N) is 1. The third kappa shape index (κ3) is 3.13. The molecule has 0 saturated heterocycles. The van der Waals surface area contributed by atoms with Crippen LogP contribution in [0.4, 0.5) is 0 Å². The molecule has 0 amide bonds. The number of nitrogens with one attached hydrogen (secondary N) is 2. The molecule has 3 N–H and O–H groups in total. The van der Waals surface area contributed by atoms with Crippen molar-refractivity contribution < 1.29 is 5.21 Å². The standard InChI is InChI=1S/C9H13N3O/c1-10-9(12-13)11-7-8-5-3-2-4-6-8/h2-6,13H,7H2,1H3,(H2,10,11,12). The number of hydrogen-bond donors (Lipinski definition) is 3. The Balaban J connectivity index is 2.43. The maximum Gasteiger partial charge on any atom is 0.215 e. The molecule has 13 heavy (non-hydrogen) atoms. The topological polar surface area (TPSA) is 56.7 Å². The average molecular weight is 179 g/mol. The highest BCUT2D eigenvalue weighted by atomic mass is 16.5. The van der Waals surface area contributed by atoms with Gasteiger partial charge in [-0.15, -0.1) is 0 Å². The van der Waals surface area contributed by atoms with E-state index in [4.69, 9.17) is 5.21 Å². The van der Waals surface area contributed by atoms with Gasteiger partial charge in [-0.05, 0) is 5.56 Å². The highest BCUT2D eigenvalue weighted by Crippen LogP contribution is 1.96. The summed E-state index contributed by atoms with van der Waals surface area (Å²) in [5.41, 5.74) is 3.10. The first-order valence-electron chi connectivity index (χ1n) is 4.01. The zero-order valence-electron chi connectivity index (χ0n) is 7.49. The fourth-order valence-electron chi connectivity index (χ4n) is 0.950. The zero-order valence-corrected chi connectivity index (χ0v) is 7.49. The van der Waals surface area contributed by atoms with Gasteiger partial charge in [-0.3, -0.25) is 10.2 Å². The number of guanidine groups is 1. The molecule has 0 heterocycles. The molecule has 1 aromatic carbocycles. The summed E-state index contributed by atoms with van der Waals surface area (Å²) in [5, 5.41) is 11.5. The molecule has 0 aliphatic rings. The molecule has 4 heteroatoms. The van der Waals surface area contributed by atoms with Gasteiger partial charge >= 0.3 is 0 Å². The second-order valence-corrected chi connectivity index (χ2v) is 2.52. The predicted molar refractivity (Wildman–Crippen MR) is 51.6 cm³/mol. The monoisotopic (exact) mass is 179 g/mol. The largest absolute Gasteiger partial charge is 0.351 e. The predicted octanol–water partition coefficient (Wildman–Crippen LogP) is 0.741. The molecule has 0 bridgehead atoms. The van der Waals surface area contributed by atoms with Crippen molar-refractivity contribution in [1.29, 1.82) is 0 Å². The van der Waals surface area contributed by atoms with E-state index in [2.05, 4.69) is 10.3 Å². The maximum absolute atomic E-state index is 8.56. The average Bonchev–Trinajstić information content (AvgIpc) is 2.21. The lowest BCUT2D eigenvalue weighted by Crippen LogP contribution is -2.34. The summed E-state index contributed by atoms with van der Waals surface area (Å²) in [5.74, 6) is 0.365. The van der Waals surface area contributed by atoms with E-state index in [0.29, 0.717) is 12.5 Å². The fraction of sp³-hybridized carbons (Fsp3) is 0.222. The Labute approximate surface area is 77.3 Å². The Morgan fingerprint density at radius 1 is 1.38 bits per heavy atom. The summed E-state index contributed by atoms with van der Waals surface area (Å²) < 4.78 is 0. The van der Waals surface area contributed by atoms with Crippen molar-refractivity contribution in [2.24, 2.45) is 4.99 Å². The van der Waals surface area contributed by atoms with Crippen molar-refractivity contribution in [3.05, 3.63) is 35.9 Å². The van der Waals surface area contributed by atoms with Gasteiger partial charge in [0, 0.05) is 13.6 Å². The van der Waals surface area contributed by atoms with E-state index in [1.165, 1.54) is 0 Å². The normalized spacial score (nSPS) is 11.1. The lowest BCUT2D eigenvalue weighted by molar-refractivity contribution is 0.229. The molecule has 0 saturated carbocycles. The lowest BCUT2D eigenvalue weighted by Gasteiger charge is -2.06. The Morgan fingerprint density at radius 3 is 2.62 bits per heavy atom. The molecule has 0 fully saturated rings. The van der Waals surface area contributed by atoms with Gasteiger partial charge in [0.15, 0.2) is 0 Å². The number of hydroxylamine groups is 1. The van der Waals surface area contributed by atoms with Crippen LogP contribution in [0.2, 0.25) is 0 Å². The third-order valence-electron chi connectivity index (χ3n) is 1.63. The van der Waals surface area contributed by atoms with Gasteiger partial charge in [0.05, 0.1) is 0 Å². The van der Waals surface area contributed by atoms with Crippen molar-refractivity contribution >= 4 is 5.96 Å². The number of rotatable bonds is 2. The summed E-state index contributed by atoms with van der Waals surface area (Å²) >= 11 is 0. The summed E-state index contributed by atoms with van der Waals surface area (Å²) in [4.78, 5) is 3.77. The van der Waals surface area contributed by atoms with E-state index >= 15 is 0 Å². The first-order chi connectivity index (χ1) is 6.36. The van der Waals surface area contributed by atoms with Crippen LogP contribution < -0.4 is 10.8 Å². The van der Waals surface area contributed by atoms with Gasteiger partial charge in [-0.1, -0.05) is 30.3 Å². The van der Waals surface area contributed by atoms with E-state index in [9.17, 15) is 0 Å². The molecule has 1 aromatic rings. The molecule has 0 aliphatic carbocycles. The zero-order chi connectivity index (χ0) is 9.52. The smallest absolute Gasteiger partial charge is 0.215 e. The van der Waals surface area contributed by atoms with Gasteiger partial charge in [0.1, 0.15) is 0 Å². The SMILES string of the molecule is CN=C(NO)NCc1ccccc1. The first-order valence-corrected chi connectivity index (χ1v) is 4.01. The Kier molecular flexibility index (Phi) is 3.78. The van der Waals surface area contributed by atoms with Crippen molar-refractivity contribution in [3.8, 4) is 0 Å². The van der Waals surface area contributed by atoms with Crippen LogP contribution in [0.3, 0.4) is 0 Å². The minimum Gasteiger partial charge on any atom is -0.351 e. The molecule has 70 valence electrons. The molecule has 4 nitrogen and oxygen atoms in total. The van der Waals surface area contributed by atoms with Crippen LogP contribution in [-0.2, 0) is 6.54 Å². The van der Waals surface area contributed by atoms with Gasteiger partial charge < -0.3 is 5.32 Å². The Bertz CT molecular complexity index is 271. The van der Waals surface area contributed by atoms with Crippen LogP contribution in [0.1, 0.15) is 5.56 Å². The molecule has 0 unspecified atom stereocenters. The second kappa shape index (κ2) is 5.16. The molecule has 0 spiro atoms. The van der Waals surface area contributed by atoms with Gasteiger partial charge in [-0.25, -0.2) is 5.48 Å². The van der Waals surface area contributed by atoms with Crippen LogP contribution >= 0.6 is 0 Å². The van der Waals surface area contributed by atoms with E-state index in [0.717, 1.165) is 5.56 Å². The number of hydrogen-bond acceptors (Lipinski definition) is 2. The molecule has 0 aliphatic heterocycles. The van der Waals surface area contributed by atoms with Crippen LogP contribution in [0, 0.1) is 0 Å². The summed E-state index contributed by atoms with van der Waals surface area (Å²) in [6, 6.07) is 9.89. The van der Waals surface area contributed by atoms with Gasteiger partial charge in [0.25, 0.3) is 0 Å².